The molecule has 24 heavy (non-hydrogen) atoms. The van der Waals surface area contributed by atoms with Gasteiger partial charge in [-0.3, -0.25) is 9.59 Å². The third-order valence-corrected chi connectivity index (χ3v) is 5.35. The van der Waals surface area contributed by atoms with Gasteiger partial charge in [0.2, 0.25) is 5.91 Å². The molecule has 0 fully saturated rings. The van der Waals surface area contributed by atoms with Crippen LogP contribution in [0, 0.1) is 0 Å². The number of aromatic amines is 1. The van der Waals surface area contributed by atoms with E-state index in [2.05, 4.69) is 22.2 Å². The minimum atomic E-state index is -0.119. The highest BCUT2D eigenvalue weighted by molar-refractivity contribution is 7.99. The van der Waals surface area contributed by atoms with E-state index in [4.69, 9.17) is 0 Å². The van der Waals surface area contributed by atoms with E-state index in [1.165, 1.54) is 23.1 Å². The number of carbonyl (C=O) groups excluding carboxylic acids is 1. The first kappa shape index (κ1) is 16.7. The zero-order valence-electron chi connectivity index (χ0n) is 13.2. The number of thioether (sulfide) groups is 1. The van der Waals surface area contributed by atoms with Gasteiger partial charge in [0.15, 0.2) is 0 Å². The van der Waals surface area contributed by atoms with Crippen LogP contribution >= 0.6 is 23.1 Å². The average Bonchev–Trinajstić information content (AvgIpc) is 3.04. The van der Waals surface area contributed by atoms with Gasteiger partial charge < -0.3 is 10.3 Å². The molecule has 0 aliphatic rings. The highest BCUT2D eigenvalue weighted by Gasteiger charge is 2.08. The summed E-state index contributed by atoms with van der Waals surface area (Å²) in [4.78, 5) is 31.2. The number of hydrogen-bond acceptors (Lipinski definition) is 5. The molecule has 0 atom stereocenters. The maximum Gasteiger partial charge on any atom is 0.268 e. The summed E-state index contributed by atoms with van der Waals surface area (Å²) in [5.41, 5.74) is 2.56. The van der Waals surface area contributed by atoms with Crippen LogP contribution < -0.4 is 10.9 Å². The number of nitrogens with one attached hydrogen (secondary N) is 2. The summed E-state index contributed by atoms with van der Waals surface area (Å²) in [6.07, 6.45) is 0.870. The Morgan fingerprint density at radius 3 is 3.00 bits per heavy atom. The summed E-state index contributed by atoms with van der Waals surface area (Å²) in [5.74, 6) is 1.34. The Labute approximate surface area is 147 Å². The summed E-state index contributed by atoms with van der Waals surface area (Å²) in [7, 11) is 0. The molecule has 124 valence electrons. The van der Waals surface area contributed by atoms with Crippen molar-refractivity contribution in [3.8, 4) is 0 Å². The van der Waals surface area contributed by atoms with Crippen LogP contribution in [0.25, 0.3) is 10.2 Å². The molecule has 3 aromatic rings. The van der Waals surface area contributed by atoms with Crippen molar-refractivity contribution in [3.63, 3.8) is 0 Å². The first-order valence-corrected chi connectivity index (χ1v) is 9.62. The van der Waals surface area contributed by atoms with Crippen molar-refractivity contribution < 1.29 is 4.79 Å². The first-order valence-electron chi connectivity index (χ1n) is 7.59. The summed E-state index contributed by atoms with van der Waals surface area (Å²) < 4.78 is 0.637. The van der Waals surface area contributed by atoms with Crippen LogP contribution in [0.15, 0.2) is 40.5 Å². The number of anilines is 1. The Morgan fingerprint density at radius 2 is 2.17 bits per heavy atom. The molecule has 0 spiro atoms. The van der Waals surface area contributed by atoms with Gasteiger partial charge in [0.1, 0.15) is 10.5 Å². The molecule has 2 heterocycles. The lowest BCUT2D eigenvalue weighted by Gasteiger charge is -2.09. The van der Waals surface area contributed by atoms with E-state index in [-0.39, 0.29) is 11.5 Å². The number of carbonyl (C=O) groups is 1. The van der Waals surface area contributed by atoms with E-state index in [0.717, 1.165) is 17.7 Å². The van der Waals surface area contributed by atoms with Gasteiger partial charge in [0.05, 0.1) is 17.0 Å². The monoisotopic (exact) mass is 359 g/mol. The number of benzene rings is 1. The fourth-order valence-corrected chi connectivity index (χ4v) is 3.78. The molecule has 0 aliphatic carbocycles. The Hall–Kier alpha value is -2.12. The number of thiophene rings is 1. The second kappa shape index (κ2) is 7.63. The van der Waals surface area contributed by atoms with Crippen molar-refractivity contribution in [2.45, 2.75) is 19.1 Å². The van der Waals surface area contributed by atoms with Crippen LogP contribution in [0.3, 0.4) is 0 Å². The lowest BCUT2D eigenvalue weighted by atomic mass is 10.1. The largest absolute Gasteiger partial charge is 0.325 e. The molecular weight excluding hydrogens is 342 g/mol. The molecule has 2 N–H and O–H groups in total. The van der Waals surface area contributed by atoms with Gasteiger partial charge in [-0.25, -0.2) is 4.98 Å². The fraction of sp³-hybridized carbons (Fsp3) is 0.235. The second-order valence-corrected chi connectivity index (χ2v) is 7.10. The molecule has 0 saturated heterocycles. The Kier molecular flexibility index (Phi) is 5.32. The molecule has 0 unspecified atom stereocenters. The number of aryl methyl sites for hydroxylation is 1. The topological polar surface area (TPSA) is 74.8 Å². The fourth-order valence-electron chi connectivity index (χ4n) is 2.37. The maximum absolute atomic E-state index is 12.1. The molecule has 7 heteroatoms. The summed E-state index contributed by atoms with van der Waals surface area (Å²) in [6.45, 7) is 2.06. The smallest absolute Gasteiger partial charge is 0.268 e. The molecule has 2 aromatic heterocycles. The van der Waals surface area contributed by atoms with E-state index < -0.39 is 0 Å². The van der Waals surface area contributed by atoms with Crippen molar-refractivity contribution in [2.75, 3.05) is 11.1 Å². The number of rotatable bonds is 6. The number of H-pyrrole nitrogens is 1. The highest BCUT2D eigenvalue weighted by atomic mass is 32.2. The molecule has 0 radical (unpaired) electrons. The molecule has 0 aliphatic heterocycles. The SMILES string of the molecule is CCc1ccccc1NC(=O)CSCc1nc2ccsc2c(=O)[nH]1. The molecule has 0 saturated carbocycles. The molecule has 0 bridgehead atoms. The normalized spacial score (nSPS) is 10.9. The predicted molar refractivity (Wildman–Crippen MR) is 101 cm³/mol. The summed E-state index contributed by atoms with van der Waals surface area (Å²) in [5, 5.41) is 4.78. The zero-order valence-corrected chi connectivity index (χ0v) is 14.8. The van der Waals surface area contributed by atoms with E-state index in [1.807, 2.05) is 35.7 Å². The number of fused-ring (bicyclic) bond motifs is 1. The first-order chi connectivity index (χ1) is 11.7. The van der Waals surface area contributed by atoms with Crippen molar-refractivity contribution in [1.29, 1.82) is 0 Å². The van der Waals surface area contributed by atoms with Crippen LogP contribution in [0.4, 0.5) is 5.69 Å². The Balaban J connectivity index is 1.57. The van der Waals surface area contributed by atoms with Crippen molar-refractivity contribution in [2.24, 2.45) is 0 Å². The zero-order chi connectivity index (χ0) is 16.9. The van der Waals surface area contributed by atoms with Crippen LogP contribution in [-0.2, 0) is 17.0 Å². The number of para-hydroxylation sites is 1. The predicted octanol–water partition coefficient (Wildman–Crippen LogP) is 3.42. The molecule has 1 amide bonds. The van der Waals surface area contributed by atoms with Crippen LogP contribution in [0.1, 0.15) is 18.3 Å². The molecular formula is C17H17N3O2S2. The molecule has 1 aromatic carbocycles. The van der Waals surface area contributed by atoms with E-state index >= 15 is 0 Å². The Bertz CT molecular complexity index is 917. The van der Waals surface area contributed by atoms with Gasteiger partial charge in [-0.05, 0) is 29.5 Å². The summed E-state index contributed by atoms with van der Waals surface area (Å²) >= 11 is 2.80. The van der Waals surface area contributed by atoms with E-state index in [0.29, 0.717) is 27.5 Å². The van der Waals surface area contributed by atoms with E-state index in [1.54, 1.807) is 0 Å². The van der Waals surface area contributed by atoms with E-state index in [9.17, 15) is 9.59 Å². The van der Waals surface area contributed by atoms with Crippen LogP contribution in [0.2, 0.25) is 0 Å². The van der Waals surface area contributed by atoms with Crippen molar-refractivity contribution in [3.05, 3.63) is 57.5 Å². The van der Waals surface area contributed by atoms with Crippen molar-refractivity contribution in [1.82, 2.24) is 9.97 Å². The average molecular weight is 359 g/mol. The lowest BCUT2D eigenvalue weighted by Crippen LogP contribution is -2.16. The van der Waals surface area contributed by atoms with Gasteiger partial charge in [-0.2, -0.15) is 0 Å². The van der Waals surface area contributed by atoms with Gasteiger partial charge in [-0.15, -0.1) is 23.1 Å². The van der Waals surface area contributed by atoms with Crippen molar-refractivity contribution >= 4 is 44.9 Å². The second-order valence-electron chi connectivity index (χ2n) is 5.20. The third-order valence-electron chi connectivity index (χ3n) is 3.51. The maximum atomic E-state index is 12.1. The number of hydrogen-bond donors (Lipinski definition) is 2. The highest BCUT2D eigenvalue weighted by Crippen LogP contribution is 2.18. The van der Waals surface area contributed by atoms with Crippen LogP contribution in [0.5, 0.6) is 0 Å². The number of aromatic nitrogens is 2. The summed E-state index contributed by atoms with van der Waals surface area (Å²) in [6, 6.07) is 9.62. The molecule has 3 rings (SSSR count). The Morgan fingerprint density at radius 1 is 1.33 bits per heavy atom. The van der Waals surface area contributed by atoms with Gasteiger partial charge >= 0.3 is 0 Å². The van der Waals surface area contributed by atoms with Crippen LogP contribution in [-0.4, -0.2) is 21.6 Å². The van der Waals surface area contributed by atoms with Gasteiger partial charge in [-0.1, -0.05) is 25.1 Å². The quantitative estimate of drug-likeness (QED) is 0.707. The minimum Gasteiger partial charge on any atom is -0.325 e. The number of amides is 1. The number of nitrogens with zero attached hydrogens (tertiary/aromatic N) is 1. The van der Waals surface area contributed by atoms with Gasteiger partial charge in [0.25, 0.3) is 5.56 Å². The minimum absolute atomic E-state index is 0.0557. The van der Waals surface area contributed by atoms with Gasteiger partial charge in [0, 0.05) is 5.69 Å². The third kappa shape index (κ3) is 3.85. The molecule has 5 nitrogen and oxygen atoms in total. The lowest BCUT2D eigenvalue weighted by molar-refractivity contribution is -0.113. The standard InChI is InChI=1S/C17H17N3O2S2/c1-2-11-5-3-4-6-12(11)19-15(21)10-23-9-14-18-13-7-8-24-16(13)17(22)20-14/h3-8H,2,9-10H2,1H3,(H,19,21)(H,18,20,22).